The highest BCUT2D eigenvalue weighted by Gasteiger charge is 2.32. The number of rotatable bonds is 5. The lowest BCUT2D eigenvalue weighted by atomic mass is 10.3. The minimum atomic E-state index is -0.977. The number of carboxylic acids is 1. The maximum absolute atomic E-state index is 11.9. The Morgan fingerprint density at radius 2 is 1.90 bits per heavy atom. The van der Waals surface area contributed by atoms with Crippen LogP contribution in [0.15, 0.2) is 0 Å². The molecule has 0 aromatic carbocycles. The van der Waals surface area contributed by atoms with Gasteiger partial charge in [-0.3, -0.25) is 4.79 Å². The second kappa shape index (κ2) is 6.83. The first kappa shape index (κ1) is 15.0. The summed E-state index contributed by atoms with van der Waals surface area (Å²) in [6, 6.07) is -1.15. The predicted molar refractivity (Wildman–Crippen MR) is 74.6 cm³/mol. The van der Waals surface area contributed by atoms with Crippen LogP contribution < -0.4 is 10.6 Å². The number of nitrogens with one attached hydrogen (secondary N) is 2. The Labute approximate surface area is 121 Å². The Bertz CT molecular complexity index is 400. The molecular weight excluding hydrogens is 282 g/mol. The molecule has 1 unspecified atom stereocenters. The number of urea groups is 1. The summed E-state index contributed by atoms with van der Waals surface area (Å²) in [7, 11) is 0. The van der Waals surface area contributed by atoms with Gasteiger partial charge >= 0.3 is 12.0 Å². The molecule has 0 aromatic rings. The van der Waals surface area contributed by atoms with Crippen molar-refractivity contribution in [2.75, 3.05) is 31.1 Å². The standard InChI is InChI=1S/C12H19N3O4S/c16-10(8-1-2-8)13-3-4-14-12(19)15-5-6-20-7-9(15)11(17)18/h8-9H,1-7H2,(H,13,16)(H,14,19)(H,17,18). The average molecular weight is 301 g/mol. The maximum atomic E-state index is 11.9. The third kappa shape index (κ3) is 4.03. The van der Waals surface area contributed by atoms with Gasteiger partial charge in [0.2, 0.25) is 5.91 Å². The number of carboxylic acid groups (broad SMARTS) is 1. The summed E-state index contributed by atoms with van der Waals surface area (Å²) in [6.45, 7) is 1.12. The molecule has 1 saturated carbocycles. The summed E-state index contributed by atoms with van der Waals surface area (Å²) in [5, 5.41) is 14.5. The molecule has 112 valence electrons. The molecule has 0 bridgehead atoms. The van der Waals surface area contributed by atoms with Gasteiger partial charge in [-0.1, -0.05) is 0 Å². The van der Waals surface area contributed by atoms with Crippen LogP contribution in [0.25, 0.3) is 0 Å². The van der Waals surface area contributed by atoms with E-state index < -0.39 is 12.0 Å². The summed E-state index contributed by atoms with van der Waals surface area (Å²) < 4.78 is 0. The van der Waals surface area contributed by atoms with E-state index in [9.17, 15) is 14.4 Å². The van der Waals surface area contributed by atoms with E-state index >= 15 is 0 Å². The monoisotopic (exact) mass is 301 g/mol. The summed E-state index contributed by atoms with van der Waals surface area (Å²) in [4.78, 5) is 35.7. The summed E-state index contributed by atoms with van der Waals surface area (Å²) >= 11 is 1.54. The Balaban J connectivity index is 1.69. The molecule has 1 heterocycles. The second-order valence-corrected chi connectivity index (χ2v) is 6.07. The molecule has 0 aromatic heterocycles. The van der Waals surface area contributed by atoms with Gasteiger partial charge in [-0.25, -0.2) is 9.59 Å². The lowest BCUT2D eigenvalue weighted by Gasteiger charge is -2.32. The van der Waals surface area contributed by atoms with Crippen molar-refractivity contribution in [3.8, 4) is 0 Å². The molecule has 7 nitrogen and oxygen atoms in total. The SMILES string of the molecule is O=C(NCCNC(=O)N1CCSCC1C(=O)O)C1CC1. The normalized spacial score (nSPS) is 22.2. The topological polar surface area (TPSA) is 98.7 Å². The fraction of sp³-hybridized carbons (Fsp3) is 0.750. The number of carbonyl (C=O) groups excluding carboxylic acids is 2. The van der Waals surface area contributed by atoms with Crippen molar-refractivity contribution in [1.29, 1.82) is 0 Å². The van der Waals surface area contributed by atoms with Crippen molar-refractivity contribution in [3.05, 3.63) is 0 Å². The average Bonchev–Trinajstić information content (AvgIpc) is 3.27. The maximum Gasteiger partial charge on any atom is 0.327 e. The van der Waals surface area contributed by atoms with Gasteiger partial charge in [-0.15, -0.1) is 0 Å². The zero-order valence-electron chi connectivity index (χ0n) is 11.1. The molecule has 1 aliphatic heterocycles. The molecule has 1 atom stereocenters. The third-order valence-electron chi connectivity index (χ3n) is 3.32. The first-order valence-corrected chi connectivity index (χ1v) is 7.88. The van der Waals surface area contributed by atoms with Crippen LogP contribution in [0.5, 0.6) is 0 Å². The van der Waals surface area contributed by atoms with Crippen LogP contribution in [0.3, 0.4) is 0 Å². The lowest BCUT2D eigenvalue weighted by Crippen LogP contribution is -2.54. The van der Waals surface area contributed by atoms with E-state index in [-0.39, 0.29) is 17.9 Å². The number of amides is 3. The van der Waals surface area contributed by atoms with Crippen LogP contribution in [0.4, 0.5) is 4.79 Å². The molecule has 20 heavy (non-hydrogen) atoms. The van der Waals surface area contributed by atoms with Gasteiger partial charge in [0.05, 0.1) is 0 Å². The summed E-state index contributed by atoms with van der Waals surface area (Å²) in [5.74, 6) is 0.379. The van der Waals surface area contributed by atoms with Crippen molar-refractivity contribution < 1.29 is 19.5 Å². The highest BCUT2D eigenvalue weighted by atomic mass is 32.2. The van der Waals surface area contributed by atoms with Gasteiger partial charge in [-0.05, 0) is 12.8 Å². The van der Waals surface area contributed by atoms with Crippen molar-refractivity contribution in [3.63, 3.8) is 0 Å². The zero-order chi connectivity index (χ0) is 14.5. The number of carbonyl (C=O) groups is 3. The van der Waals surface area contributed by atoms with Gasteiger partial charge in [0, 0.05) is 37.1 Å². The Morgan fingerprint density at radius 3 is 2.55 bits per heavy atom. The van der Waals surface area contributed by atoms with Crippen LogP contribution in [0, 0.1) is 5.92 Å². The van der Waals surface area contributed by atoms with E-state index in [4.69, 9.17) is 5.11 Å². The summed E-state index contributed by atoms with van der Waals surface area (Å²) in [5.41, 5.74) is 0. The smallest absolute Gasteiger partial charge is 0.327 e. The number of aliphatic carboxylic acids is 1. The summed E-state index contributed by atoms with van der Waals surface area (Å²) in [6.07, 6.45) is 1.90. The van der Waals surface area contributed by atoms with E-state index in [0.717, 1.165) is 18.6 Å². The zero-order valence-corrected chi connectivity index (χ0v) is 11.9. The highest BCUT2D eigenvalue weighted by molar-refractivity contribution is 7.99. The van der Waals surface area contributed by atoms with Crippen LogP contribution in [0.2, 0.25) is 0 Å². The minimum absolute atomic E-state index is 0.0389. The molecule has 1 saturated heterocycles. The van der Waals surface area contributed by atoms with Crippen molar-refractivity contribution in [2.45, 2.75) is 18.9 Å². The molecule has 2 rings (SSSR count). The molecule has 2 aliphatic rings. The minimum Gasteiger partial charge on any atom is -0.480 e. The van der Waals surface area contributed by atoms with Crippen molar-refractivity contribution in [2.24, 2.45) is 5.92 Å². The molecule has 3 N–H and O–H groups in total. The molecule has 2 fully saturated rings. The van der Waals surface area contributed by atoms with Crippen LogP contribution in [-0.2, 0) is 9.59 Å². The molecule has 3 amide bonds. The van der Waals surface area contributed by atoms with E-state index in [1.54, 1.807) is 0 Å². The molecule has 0 spiro atoms. The first-order chi connectivity index (χ1) is 9.59. The largest absolute Gasteiger partial charge is 0.480 e. The van der Waals surface area contributed by atoms with Gasteiger partial charge in [0.1, 0.15) is 6.04 Å². The van der Waals surface area contributed by atoms with Crippen molar-refractivity contribution >= 4 is 29.7 Å². The first-order valence-electron chi connectivity index (χ1n) is 6.72. The lowest BCUT2D eigenvalue weighted by molar-refractivity contribution is -0.141. The van der Waals surface area contributed by atoms with Crippen LogP contribution >= 0.6 is 11.8 Å². The molecule has 1 aliphatic carbocycles. The van der Waals surface area contributed by atoms with Gasteiger partial charge in [0.15, 0.2) is 0 Å². The third-order valence-corrected chi connectivity index (χ3v) is 4.35. The fourth-order valence-corrected chi connectivity index (χ4v) is 3.04. The van der Waals surface area contributed by atoms with Crippen molar-refractivity contribution in [1.82, 2.24) is 15.5 Å². The highest BCUT2D eigenvalue weighted by Crippen LogP contribution is 2.28. The Morgan fingerprint density at radius 1 is 1.20 bits per heavy atom. The Kier molecular flexibility index (Phi) is 5.11. The van der Waals surface area contributed by atoms with Crippen LogP contribution in [-0.4, -0.2) is 65.1 Å². The van der Waals surface area contributed by atoms with E-state index in [0.29, 0.717) is 25.4 Å². The number of thioether (sulfide) groups is 1. The predicted octanol–water partition coefficient (Wildman–Crippen LogP) is -0.276. The second-order valence-electron chi connectivity index (χ2n) is 4.92. The molecular formula is C12H19N3O4S. The van der Waals surface area contributed by atoms with Gasteiger partial charge < -0.3 is 20.6 Å². The molecule has 8 heteroatoms. The van der Waals surface area contributed by atoms with E-state index in [2.05, 4.69) is 10.6 Å². The van der Waals surface area contributed by atoms with E-state index in [1.165, 1.54) is 16.7 Å². The Hall–Kier alpha value is -1.44. The quantitative estimate of drug-likeness (QED) is 0.607. The van der Waals surface area contributed by atoms with E-state index in [1.807, 2.05) is 0 Å². The number of hydrogen-bond acceptors (Lipinski definition) is 4. The number of hydrogen-bond donors (Lipinski definition) is 3. The van der Waals surface area contributed by atoms with Gasteiger partial charge in [-0.2, -0.15) is 11.8 Å². The molecule has 0 radical (unpaired) electrons. The van der Waals surface area contributed by atoms with Gasteiger partial charge in [0.25, 0.3) is 0 Å². The van der Waals surface area contributed by atoms with Crippen LogP contribution in [0.1, 0.15) is 12.8 Å². The fourth-order valence-electron chi connectivity index (χ4n) is 2.00. The number of nitrogens with zero attached hydrogens (tertiary/aromatic N) is 1.